The Balaban J connectivity index is 2.21. The summed E-state index contributed by atoms with van der Waals surface area (Å²) in [6.45, 7) is 1.95. The van der Waals surface area contributed by atoms with E-state index in [4.69, 9.17) is 0 Å². The number of ketones is 1. The minimum absolute atomic E-state index is 0.0621. The van der Waals surface area contributed by atoms with E-state index in [-0.39, 0.29) is 11.5 Å². The van der Waals surface area contributed by atoms with Gasteiger partial charge in [-0.3, -0.25) is 9.20 Å². The van der Waals surface area contributed by atoms with Gasteiger partial charge in [0, 0.05) is 18.0 Å². The van der Waals surface area contributed by atoms with Gasteiger partial charge in [0.25, 0.3) is 0 Å². The van der Waals surface area contributed by atoms with Crippen molar-refractivity contribution in [3.8, 4) is 5.75 Å². The van der Waals surface area contributed by atoms with E-state index in [9.17, 15) is 9.90 Å². The van der Waals surface area contributed by atoms with E-state index in [0.717, 1.165) is 0 Å². The number of halogens is 2. The second-order valence-corrected chi connectivity index (χ2v) is 6.38. The van der Waals surface area contributed by atoms with Crippen LogP contribution < -0.4 is 0 Å². The number of fused-ring (bicyclic) bond motifs is 1. The molecule has 5 nitrogen and oxygen atoms in total. The number of aromatic nitrogens is 3. The number of carbonyl (C=O) groups is 1. The van der Waals surface area contributed by atoms with Crippen LogP contribution in [0.25, 0.3) is 5.78 Å². The maximum absolute atomic E-state index is 12.9. The highest BCUT2D eigenvalue weighted by molar-refractivity contribution is 9.11. The Morgan fingerprint density at radius 2 is 2.00 bits per heavy atom. The normalized spacial score (nSPS) is 11.0. The van der Waals surface area contributed by atoms with Crippen molar-refractivity contribution in [2.24, 2.45) is 0 Å². The Morgan fingerprint density at radius 3 is 2.64 bits per heavy atom. The molecule has 0 aliphatic rings. The van der Waals surface area contributed by atoms with E-state index >= 15 is 0 Å². The van der Waals surface area contributed by atoms with E-state index < -0.39 is 0 Å². The molecule has 1 aromatic carbocycles. The molecule has 1 N–H and O–H groups in total. The predicted octanol–water partition coefficient (Wildman–Crippen LogP) is 3.75. The van der Waals surface area contributed by atoms with Crippen LogP contribution in [0.2, 0.25) is 0 Å². The van der Waals surface area contributed by atoms with Crippen molar-refractivity contribution in [2.75, 3.05) is 0 Å². The number of carbonyl (C=O) groups excluding carboxylic acids is 1. The van der Waals surface area contributed by atoms with Gasteiger partial charge in [-0.15, -0.1) is 0 Å². The molecule has 3 rings (SSSR count). The molecule has 0 saturated heterocycles. The largest absolute Gasteiger partial charge is 0.506 e. The Kier molecular flexibility index (Phi) is 4.01. The molecule has 0 radical (unpaired) electrons. The first-order chi connectivity index (χ1) is 10.5. The Morgan fingerprint density at radius 1 is 1.32 bits per heavy atom. The molecule has 0 amide bonds. The minimum Gasteiger partial charge on any atom is -0.506 e. The van der Waals surface area contributed by atoms with Crippen LogP contribution in [-0.4, -0.2) is 25.3 Å². The zero-order valence-electron chi connectivity index (χ0n) is 11.5. The smallest absolute Gasteiger partial charge is 0.234 e. The minimum atomic E-state index is -0.168. The van der Waals surface area contributed by atoms with E-state index in [1.807, 2.05) is 6.92 Å². The van der Waals surface area contributed by atoms with Crippen molar-refractivity contribution in [1.82, 2.24) is 14.4 Å². The number of hydrogen-bond donors (Lipinski definition) is 1. The number of aryl methyl sites for hydroxylation is 1. The van der Waals surface area contributed by atoms with Crippen molar-refractivity contribution in [1.29, 1.82) is 0 Å². The summed E-state index contributed by atoms with van der Waals surface area (Å²) in [5, 5.41) is 9.78. The van der Waals surface area contributed by atoms with Crippen molar-refractivity contribution in [3.63, 3.8) is 0 Å². The monoisotopic (exact) mass is 423 g/mol. The SMILES string of the molecule is CCc1nc2ncccn2c1C(=O)c1cc(Br)c(O)c(Br)c1. The standard InChI is InChI=1S/C15H11Br2N3O2/c1-2-11-12(20-5-3-4-18-15(20)19-11)13(21)8-6-9(16)14(22)10(17)7-8/h3-7,22H,2H2,1H3. The van der Waals surface area contributed by atoms with Gasteiger partial charge in [-0.1, -0.05) is 6.92 Å². The summed E-state index contributed by atoms with van der Waals surface area (Å²) in [6.07, 6.45) is 4.04. The number of imidazole rings is 1. The van der Waals surface area contributed by atoms with E-state index in [1.165, 1.54) is 0 Å². The molecule has 22 heavy (non-hydrogen) atoms. The third kappa shape index (κ3) is 2.44. The maximum atomic E-state index is 12.9. The highest BCUT2D eigenvalue weighted by Crippen LogP contribution is 2.34. The van der Waals surface area contributed by atoms with Gasteiger partial charge in [-0.05, 0) is 56.5 Å². The molecule has 0 saturated carbocycles. The predicted molar refractivity (Wildman–Crippen MR) is 89.3 cm³/mol. The van der Waals surface area contributed by atoms with Gasteiger partial charge >= 0.3 is 0 Å². The van der Waals surface area contributed by atoms with Gasteiger partial charge < -0.3 is 5.11 Å². The van der Waals surface area contributed by atoms with Gasteiger partial charge in [0.15, 0.2) is 0 Å². The van der Waals surface area contributed by atoms with E-state index in [0.29, 0.717) is 38.1 Å². The lowest BCUT2D eigenvalue weighted by Gasteiger charge is -2.06. The van der Waals surface area contributed by atoms with Crippen LogP contribution in [0.3, 0.4) is 0 Å². The molecule has 0 aliphatic carbocycles. The molecule has 3 aromatic rings. The third-order valence-electron chi connectivity index (χ3n) is 3.30. The van der Waals surface area contributed by atoms with E-state index in [1.54, 1.807) is 35.0 Å². The summed E-state index contributed by atoms with van der Waals surface area (Å²) < 4.78 is 2.60. The zero-order valence-corrected chi connectivity index (χ0v) is 14.7. The molecule has 0 unspecified atom stereocenters. The first-order valence-electron chi connectivity index (χ1n) is 6.57. The summed E-state index contributed by atoms with van der Waals surface area (Å²) in [5.41, 5.74) is 1.65. The Labute approximate surface area is 143 Å². The molecule has 0 aliphatic heterocycles. The second-order valence-electron chi connectivity index (χ2n) is 4.67. The molecule has 0 atom stereocenters. The van der Waals surface area contributed by atoms with Crippen LogP contribution in [0, 0.1) is 0 Å². The van der Waals surface area contributed by atoms with Crippen molar-refractivity contribution in [3.05, 3.63) is 56.5 Å². The fraction of sp³-hybridized carbons (Fsp3) is 0.133. The average molecular weight is 425 g/mol. The van der Waals surface area contributed by atoms with Gasteiger partial charge in [0.1, 0.15) is 11.4 Å². The summed E-state index contributed by atoms with van der Waals surface area (Å²) in [7, 11) is 0. The summed E-state index contributed by atoms with van der Waals surface area (Å²) in [5.74, 6) is 0.394. The number of nitrogens with zero attached hydrogens (tertiary/aromatic N) is 3. The highest BCUT2D eigenvalue weighted by atomic mass is 79.9. The molecule has 0 fully saturated rings. The number of benzene rings is 1. The number of phenols is 1. The first-order valence-corrected chi connectivity index (χ1v) is 8.16. The fourth-order valence-electron chi connectivity index (χ4n) is 2.25. The third-order valence-corrected chi connectivity index (χ3v) is 4.51. The lowest BCUT2D eigenvalue weighted by atomic mass is 10.1. The van der Waals surface area contributed by atoms with E-state index in [2.05, 4.69) is 41.8 Å². The van der Waals surface area contributed by atoms with Crippen LogP contribution in [-0.2, 0) is 6.42 Å². The number of hydrogen-bond acceptors (Lipinski definition) is 4. The lowest BCUT2D eigenvalue weighted by molar-refractivity contribution is 0.103. The topological polar surface area (TPSA) is 67.5 Å². The van der Waals surface area contributed by atoms with Crippen molar-refractivity contribution >= 4 is 43.4 Å². The summed E-state index contributed by atoms with van der Waals surface area (Å²) in [4.78, 5) is 21.5. The summed E-state index contributed by atoms with van der Waals surface area (Å²) in [6, 6.07) is 4.95. The Bertz CT molecular complexity index is 867. The second kappa shape index (κ2) is 5.81. The van der Waals surface area contributed by atoms with Crippen LogP contribution in [0.5, 0.6) is 5.75 Å². The van der Waals surface area contributed by atoms with Gasteiger partial charge in [-0.2, -0.15) is 0 Å². The molecule has 0 spiro atoms. The molecule has 112 valence electrons. The maximum Gasteiger partial charge on any atom is 0.234 e. The quantitative estimate of drug-likeness (QED) is 0.650. The molecule has 2 aromatic heterocycles. The molecule has 7 heteroatoms. The number of rotatable bonds is 3. The molecule has 0 bridgehead atoms. The first kappa shape index (κ1) is 15.2. The van der Waals surface area contributed by atoms with Gasteiger partial charge in [0.05, 0.1) is 14.6 Å². The average Bonchev–Trinajstić information content (AvgIpc) is 2.89. The fourth-order valence-corrected chi connectivity index (χ4v) is 3.44. The van der Waals surface area contributed by atoms with Gasteiger partial charge in [-0.25, -0.2) is 9.97 Å². The highest BCUT2D eigenvalue weighted by Gasteiger charge is 2.21. The lowest BCUT2D eigenvalue weighted by Crippen LogP contribution is -2.08. The van der Waals surface area contributed by atoms with Crippen LogP contribution in [0.1, 0.15) is 28.7 Å². The summed E-state index contributed by atoms with van der Waals surface area (Å²) >= 11 is 6.49. The Hall–Kier alpha value is -1.73. The van der Waals surface area contributed by atoms with Crippen molar-refractivity contribution < 1.29 is 9.90 Å². The zero-order chi connectivity index (χ0) is 15.9. The number of phenolic OH excluding ortho intramolecular Hbond substituents is 1. The van der Waals surface area contributed by atoms with Crippen LogP contribution in [0.4, 0.5) is 0 Å². The molecular formula is C15H11Br2N3O2. The van der Waals surface area contributed by atoms with Crippen LogP contribution >= 0.6 is 31.9 Å². The number of aromatic hydroxyl groups is 1. The van der Waals surface area contributed by atoms with Gasteiger partial charge in [0.2, 0.25) is 11.6 Å². The van der Waals surface area contributed by atoms with Crippen LogP contribution in [0.15, 0.2) is 39.5 Å². The molecular weight excluding hydrogens is 414 g/mol. The molecule has 2 heterocycles. The van der Waals surface area contributed by atoms with Crippen molar-refractivity contribution in [2.45, 2.75) is 13.3 Å².